The van der Waals surface area contributed by atoms with Gasteiger partial charge in [0.05, 0.1) is 18.8 Å². The zero-order chi connectivity index (χ0) is 21.0. The van der Waals surface area contributed by atoms with Gasteiger partial charge in [-0.1, -0.05) is 24.3 Å². The number of nitrogens with one attached hydrogen (secondary N) is 2. The molecule has 0 atom stereocenters. The predicted molar refractivity (Wildman–Crippen MR) is 109 cm³/mol. The van der Waals surface area contributed by atoms with Gasteiger partial charge in [-0.3, -0.25) is 4.79 Å². The number of anilines is 1. The minimum atomic E-state index is -3.89. The second-order valence-electron chi connectivity index (χ2n) is 6.72. The average molecular weight is 415 g/mol. The molecule has 0 aliphatic carbocycles. The Labute approximate surface area is 169 Å². The van der Waals surface area contributed by atoms with Crippen LogP contribution in [0, 0.1) is 12.7 Å². The minimum Gasteiger partial charge on any atom is -0.346 e. The molecule has 1 heterocycles. The van der Waals surface area contributed by atoms with Crippen LogP contribution in [0.1, 0.15) is 23.7 Å². The van der Waals surface area contributed by atoms with Crippen LogP contribution >= 0.6 is 0 Å². The molecular weight excluding hydrogens is 393 g/mol. The number of amides is 1. The van der Waals surface area contributed by atoms with Crippen LogP contribution in [-0.2, 0) is 27.9 Å². The normalized spacial score (nSPS) is 11.4. The van der Waals surface area contributed by atoms with Crippen molar-refractivity contribution in [3.8, 4) is 0 Å². The zero-order valence-corrected chi connectivity index (χ0v) is 17.0. The van der Waals surface area contributed by atoms with Crippen LogP contribution in [0.4, 0.5) is 10.1 Å². The van der Waals surface area contributed by atoms with Gasteiger partial charge in [0, 0.05) is 24.4 Å². The number of sulfonamides is 1. The molecule has 0 saturated heterocycles. The van der Waals surface area contributed by atoms with E-state index in [9.17, 15) is 17.6 Å². The molecule has 0 aliphatic rings. The maximum Gasteiger partial charge on any atom is 0.242 e. The molecule has 3 rings (SSSR count). The van der Waals surface area contributed by atoms with Gasteiger partial charge in [0.25, 0.3) is 0 Å². The second kappa shape index (κ2) is 8.59. The number of hydrogen-bond acceptors (Lipinski definition) is 3. The molecule has 29 heavy (non-hydrogen) atoms. The van der Waals surface area contributed by atoms with Crippen LogP contribution in [0.25, 0.3) is 0 Å². The van der Waals surface area contributed by atoms with Crippen molar-refractivity contribution in [2.75, 3.05) is 5.32 Å². The van der Waals surface area contributed by atoms with Gasteiger partial charge in [-0.2, -0.15) is 0 Å². The Kier molecular flexibility index (Phi) is 6.14. The summed E-state index contributed by atoms with van der Waals surface area (Å²) in [6.45, 7) is 3.41. The molecule has 1 amide bonds. The Balaban J connectivity index is 1.80. The van der Waals surface area contributed by atoms with Gasteiger partial charge in [0.1, 0.15) is 10.7 Å². The Morgan fingerprint density at radius 2 is 1.86 bits per heavy atom. The maximum atomic E-state index is 13.9. The van der Waals surface area contributed by atoms with Crippen LogP contribution in [0.3, 0.4) is 0 Å². The summed E-state index contributed by atoms with van der Waals surface area (Å²) in [6, 6.07) is 14.8. The van der Waals surface area contributed by atoms with Gasteiger partial charge in [-0.05, 0) is 42.8 Å². The van der Waals surface area contributed by atoms with Crippen LogP contribution in [0.5, 0.6) is 0 Å². The molecule has 3 aromatic rings. The highest BCUT2D eigenvalue weighted by Crippen LogP contribution is 2.23. The van der Waals surface area contributed by atoms with Crippen molar-refractivity contribution in [1.82, 2.24) is 9.29 Å². The molecule has 0 aliphatic heterocycles. The molecule has 152 valence electrons. The van der Waals surface area contributed by atoms with Gasteiger partial charge in [-0.25, -0.2) is 17.5 Å². The first kappa shape index (κ1) is 20.8. The number of halogens is 1. The van der Waals surface area contributed by atoms with Crippen molar-refractivity contribution in [3.05, 3.63) is 83.4 Å². The standard InChI is InChI=1S/C21H22FN3O3S/c1-15-9-10-20(24-16(2)26)21(12-15)29(27,28)23-13-18-7-5-11-25(18)14-17-6-3-4-8-19(17)22/h3-12,23H,13-14H2,1-2H3,(H,24,26). The van der Waals surface area contributed by atoms with Crippen LogP contribution in [0.2, 0.25) is 0 Å². The van der Waals surface area contributed by atoms with E-state index in [1.165, 1.54) is 19.1 Å². The molecule has 2 aromatic carbocycles. The molecule has 8 heteroatoms. The third-order valence-electron chi connectivity index (χ3n) is 4.40. The number of nitrogens with zero attached hydrogens (tertiary/aromatic N) is 1. The van der Waals surface area contributed by atoms with Crippen molar-refractivity contribution in [2.45, 2.75) is 31.8 Å². The Bertz CT molecular complexity index is 1140. The summed E-state index contributed by atoms with van der Waals surface area (Å²) in [4.78, 5) is 11.4. The fourth-order valence-electron chi connectivity index (χ4n) is 2.97. The highest BCUT2D eigenvalue weighted by atomic mass is 32.2. The first-order valence-electron chi connectivity index (χ1n) is 9.01. The lowest BCUT2D eigenvalue weighted by atomic mass is 10.2. The molecule has 0 fully saturated rings. The van der Waals surface area contributed by atoms with E-state index in [2.05, 4.69) is 10.0 Å². The largest absolute Gasteiger partial charge is 0.346 e. The average Bonchev–Trinajstić information content (AvgIpc) is 3.10. The van der Waals surface area contributed by atoms with Crippen molar-refractivity contribution in [3.63, 3.8) is 0 Å². The number of aryl methyl sites for hydroxylation is 1. The predicted octanol–water partition coefficient (Wildman–Crippen LogP) is 3.42. The fourth-order valence-corrected chi connectivity index (χ4v) is 4.21. The highest BCUT2D eigenvalue weighted by molar-refractivity contribution is 7.89. The number of carbonyl (C=O) groups excluding carboxylic acids is 1. The lowest BCUT2D eigenvalue weighted by Crippen LogP contribution is -2.26. The lowest BCUT2D eigenvalue weighted by molar-refractivity contribution is -0.114. The zero-order valence-electron chi connectivity index (χ0n) is 16.1. The lowest BCUT2D eigenvalue weighted by Gasteiger charge is -2.14. The van der Waals surface area contributed by atoms with Crippen LogP contribution < -0.4 is 10.0 Å². The molecule has 1 aromatic heterocycles. The summed E-state index contributed by atoms with van der Waals surface area (Å²) in [5.41, 5.74) is 2.17. The van der Waals surface area contributed by atoms with Gasteiger partial charge in [-0.15, -0.1) is 0 Å². The summed E-state index contributed by atoms with van der Waals surface area (Å²) in [5, 5.41) is 2.55. The minimum absolute atomic E-state index is 0.0000834. The van der Waals surface area contributed by atoms with Crippen molar-refractivity contribution >= 4 is 21.6 Å². The second-order valence-corrected chi connectivity index (χ2v) is 8.46. The third-order valence-corrected chi connectivity index (χ3v) is 5.84. The molecule has 0 unspecified atom stereocenters. The molecule has 0 spiro atoms. The third kappa shape index (κ3) is 5.10. The quantitative estimate of drug-likeness (QED) is 0.621. The molecule has 0 radical (unpaired) electrons. The van der Waals surface area contributed by atoms with E-state index in [-0.39, 0.29) is 28.9 Å². The van der Waals surface area contributed by atoms with E-state index >= 15 is 0 Å². The van der Waals surface area contributed by atoms with E-state index in [1.54, 1.807) is 60.2 Å². The van der Waals surface area contributed by atoms with E-state index in [0.29, 0.717) is 17.8 Å². The van der Waals surface area contributed by atoms with E-state index in [1.807, 2.05) is 0 Å². The molecule has 2 N–H and O–H groups in total. The van der Waals surface area contributed by atoms with Crippen LogP contribution in [-0.4, -0.2) is 18.9 Å². The van der Waals surface area contributed by atoms with Crippen LogP contribution in [0.15, 0.2) is 65.7 Å². The number of benzene rings is 2. The molecule has 0 bridgehead atoms. The summed E-state index contributed by atoms with van der Waals surface area (Å²) in [7, 11) is -3.89. The number of rotatable bonds is 7. The Morgan fingerprint density at radius 3 is 2.59 bits per heavy atom. The van der Waals surface area contributed by atoms with Crippen molar-refractivity contribution < 1.29 is 17.6 Å². The Hall–Kier alpha value is -2.97. The SMILES string of the molecule is CC(=O)Nc1ccc(C)cc1S(=O)(=O)NCc1cccn1Cc1ccccc1F. The molecule has 0 saturated carbocycles. The van der Waals surface area contributed by atoms with Gasteiger partial charge in [0.2, 0.25) is 15.9 Å². The van der Waals surface area contributed by atoms with E-state index in [4.69, 9.17) is 0 Å². The molecular formula is C21H22FN3O3S. The number of carbonyl (C=O) groups is 1. The molecule has 6 nitrogen and oxygen atoms in total. The number of aromatic nitrogens is 1. The summed E-state index contributed by atoms with van der Waals surface area (Å²) in [5.74, 6) is -0.670. The highest BCUT2D eigenvalue weighted by Gasteiger charge is 2.20. The van der Waals surface area contributed by atoms with Gasteiger partial charge >= 0.3 is 0 Å². The summed E-state index contributed by atoms with van der Waals surface area (Å²) < 4.78 is 44.0. The first-order valence-corrected chi connectivity index (χ1v) is 10.5. The summed E-state index contributed by atoms with van der Waals surface area (Å²) in [6.07, 6.45) is 1.77. The smallest absolute Gasteiger partial charge is 0.242 e. The van der Waals surface area contributed by atoms with Gasteiger partial charge in [0.15, 0.2) is 0 Å². The van der Waals surface area contributed by atoms with Crippen molar-refractivity contribution in [1.29, 1.82) is 0 Å². The fraction of sp³-hybridized carbons (Fsp3) is 0.190. The van der Waals surface area contributed by atoms with E-state index in [0.717, 1.165) is 5.56 Å². The van der Waals surface area contributed by atoms with E-state index < -0.39 is 10.0 Å². The maximum absolute atomic E-state index is 13.9. The van der Waals surface area contributed by atoms with Crippen molar-refractivity contribution in [2.24, 2.45) is 0 Å². The summed E-state index contributed by atoms with van der Waals surface area (Å²) >= 11 is 0. The number of hydrogen-bond donors (Lipinski definition) is 2. The monoisotopic (exact) mass is 415 g/mol. The first-order chi connectivity index (χ1) is 13.8. The topological polar surface area (TPSA) is 80.2 Å². The van der Waals surface area contributed by atoms with Gasteiger partial charge < -0.3 is 9.88 Å². The Morgan fingerprint density at radius 1 is 1.10 bits per heavy atom.